The van der Waals surface area contributed by atoms with Gasteiger partial charge in [-0.25, -0.2) is 4.99 Å². The maximum Gasteiger partial charge on any atom is 0.192 e. The lowest BCUT2D eigenvalue weighted by Crippen LogP contribution is -2.38. The van der Waals surface area contributed by atoms with Crippen LogP contribution in [0.25, 0.3) is 0 Å². The fourth-order valence-corrected chi connectivity index (χ4v) is 2.69. The molecule has 0 aliphatic heterocycles. The van der Waals surface area contributed by atoms with E-state index in [1.807, 2.05) is 13.8 Å². The van der Waals surface area contributed by atoms with Gasteiger partial charge in [0.1, 0.15) is 5.76 Å². The van der Waals surface area contributed by atoms with E-state index >= 15 is 0 Å². The molecule has 2 aromatic rings. The molecule has 1 saturated carbocycles. The number of guanidine groups is 1. The van der Waals surface area contributed by atoms with E-state index in [2.05, 4.69) is 38.3 Å². The lowest BCUT2D eigenvalue weighted by molar-refractivity contribution is 0.392. The van der Waals surface area contributed by atoms with Crippen LogP contribution in [0.4, 0.5) is 0 Å². The Kier molecular flexibility index (Phi) is 6.25. The number of rotatable bonds is 5. The minimum absolute atomic E-state index is 0. The molecule has 2 heterocycles. The summed E-state index contributed by atoms with van der Waals surface area (Å²) in [4.78, 5) is 5.97. The third-order valence-electron chi connectivity index (χ3n) is 3.50. The molecule has 0 spiro atoms. The van der Waals surface area contributed by atoms with Gasteiger partial charge in [-0.2, -0.15) is 0 Å². The predicted molar refractivity (Wildman–Crippen MR) is 99.8 cm³/mol. The molecule has 0 saturated heterocycles. The van der Waals surface area contributed by atoms with Gasteiger partial charge in [0.05, 0.1) is 18.8 Å². The van der Waals surface area contributed by atoms with E-state index < -0.39 is 0 Å². The number of nitrogens with one attached hydrogen (secondary N) is 2. The van der Waals surface area contributed by atoms with Crippen LogP contribution in [0, 0.1) is 13.8 Å². The fraction of sp³-hybridized carbons (Fsp3) is 0.467. The summed E-state index contributed by atoms with van der Waals surface area (Å²) >= 11 is 1.75. The molecular formula is C15H21IN4OS. The van der Waals surface area contributed by atoms with E-state index in [9.17, 15) is 0 Å². The molecule has 0 unspecified atom stereocenters. The van der Waals surface area contributed by atoms with Gasteiger partial charge in [0.15, 0.2) is 5.96 Å². The number of aryl methyl sites for hydroxylation is 2. The molecule has 1 aliphatic rings. The average molecular weight is 432 g/mol. The minimum Gasteiger partial charge on any atom is -0.361 e. The predicted octanol–water partition coefficient (Wildman–Crippen LogP) is 3.37. The Bertz CT molecular complexity index is 600. The standard InChI is InChI=1S/C15H20N4OS.HI/c1-10-14(11(2)20-19-10)9-17-15(18-12-5-6-12)16-8-13-4-3-7-21-13;/h3-4,7,12H,5-6,8-9H2,1-2H3,(H2,16,17,18);1H. The van der Waals surface area contributed by atoms with Crippen LogP contribution in [-0.2, 0) is 13.1 Å². The molecule has 0 aromatic carbocycles. The van der Waals surface area contributed by atoms with Gasteiger partial charge in [0.25, 0.3) is 0 Å². The van der Waals surface area contributed by atoms with Crippen LogP contribution in [0.1, 0.15) is 34.7 Å². The van der Waals surface area contributed by atoms with Crippen molar-refractivity contribution in [2.45, 2.75) is 45.8 Å². The third-order valence-corrected chi connectivity index (χ3v) is 4.38. The first-order valence-electron chi connectivity index (χ1n) is 7.21. The Morgan fingerprint density at radius 3 is 2.86 bits per heavy atom. The molecule has 2 N–H and O–H groups in total. The van der Waals surface area contributed by atoms with E-state index in [-0.39, 0.29) is 24.0 Å². The van der Waals surface area contributed by atoms with Crippen molar-refractivity contribution in [1.29, 1.82) is 0 Å². The first-order chi connectivity index (χ1) is 10.2. The van der Waals surface area contributed by atoms with Crippen molar-refractivity contribution in [1.82, 2.24) is 15.8 Å². The number of aliphatic imine (C=N–C) groups is 1. The highest BCUT2D eigenvalue weighted by Gasteiger charge is 2.22. The number of nitrogens with zero attached hydrogens (tertiary/aromatic N) is 2. The second-order valence-electron chi connectivity index (χ2n) is 5.32. The van der Waals surface area contributed by atoms with Crippen molar-refractivity contribution in [2.75, 3.05) is 0 Å². The van der Waals surface area contributed by atoms with Crippen LogP contribution in [0.2, 0.25) is 0 Å². The van der Waals surface area contributed by atoms with Crippen molar-refractivity contribution in [3.8, 4) is 0 Å². The Hall–Kier alpha value is -1.09. The summed E-state index contributed by atoms with van der Waals surface area (Å²) in [6.07, 6.45) is 2.45. The van der Waals surface area contributed by atoms with Gasteiger partial charge in [-0.05, 0) is 38.1 Å². The molecule has 0 atom stereocenters. The highest BCUT2D eigenvalue weighted by atomic mass is 127. The summed E-state index contributed by atoms with van der Waals surface area (Å²) in [5.74, 6) is 1.71. The van der Waals surface area contributed by atoms with Crippen LogP contribution >= 0.6 is 35.3 Å². The normalized spacial score (nSPS) is 14.5. The van der Waals surface area contributed by atoms with Crippen LogP contribution in [0.15, 0.2) is 27.0 Å². The third kappa shape index (κ3) is 4.70. The molecule has 0 radical (unpaired) electrons. The molecule has 3 rings (SSSR count). The molecule has 120 valence electrons. The molecular weight excluding hydrogens is 411 g/mol. The Morgan fingerprint density at radius 2 is 2.27 bits per heavy atom. The SMILES string of the molecule is Cc1noc(C)c1CN=C(NCc1cccs1)NC1CC1.I. The van der Waals surface area contributed by atoms with E-state index in [1.165, 1.54) is 17.7 Å². The summed E-state index contributed by atoms with van der Waals surface area (Å²) in [7, 11) is 0. The minimum atomic E-state index is 0. The molecule has 5 nitrogen and oxygen atoms in total. The molecule has 7 heteroatoms. The second-order valence-corrected chi connectivity index (χ2v) is 6.35. The number of hydrogen-bond acceptors (Lipinski definition) is 4. The molecule has 1 aliphatic carbocycles. The van der Waals surface area contributed by atoms with Crippen molar-refractivity contribution in [3.63, 3.8) is 0 Å². The number of aromatic nitrogens is 1. The van der Waals surface area contributed by atoms with Crippen LogP contribution in [0.5, 0.6) is 0 Å². The van der Waals surface area contributed by atoms with E-state index in [0.717, 1.165) is 29.5 Å². The number of thiophene rings is 1. The molecule has 22 heavy (non-hydrogen) atoms. The lowest BCUT2D eigenvalue weighted by Gasteiger charge is -2.11. The second kappa shape index (κ2) is 7.96. The smallest absolute Gasteiger partial charge is 0.192 e. The summed E-state index contributed by atoms with van der Waals surface area (Å²) in [5, 5.41) is 12.9. The monoisotopic (exact) mass is 432 g/mol. The highest BCUT2D eigenvalue weighted by molar-refractivity contribution is 14.0. The number of halogens is 1. The zero-order valence-corrected chi connectivity index (χ0v) is 15.9. The van der Waals surface area contributed by atoms with Gasteiger partial charge in [-0.3, -0.25) is 0 Å². The van der Waals surface area contributed by atoms with Gasteiger partial charge in [-0.15, -0.1) is 35.3 Å². The first-order valence-corrected chi connectivity index (χ1v) is 8.09. The largest absolute Gasteiger partial charge is 0.361 e. The van der Waals surface area contributed by atoms with Crippen LogP contribution < -0.4 is 10.6 Å². The Balaban J connectivity index is 0.00000176. The van der Waals surface area contributed by atoms with Crippen molar-refractivity contribution >= 4 is 41.3 Å². The van der Waals surface area contributed by atoms with Crippen LogP contribution in [0.3, 0.4) is 0 Å². The average Bonchev–Trinajstić information content (AvgIpc) is 3.02. The Morgan fingerprint density at radius 1 is 1.45 bits per heavy atom. The summed E-state index contributed by atoms with van der Waals surface area (Å²) in [5.41, 5.74) is 1.99. The molecule has 2 aromatic heterocycles. The van der Waals surface area contributed by atoms with Gasteiger partial charge >= 0.3 is 0 Å². The van der Waals surface area contributed by atoms with Crippen molar-refractivity contribution < 1.29 is 4.52 Å². The zero-order chi connectivity index (χ0) is 14.7. The van der Waals surface area contributed by atoms with Gasteiger partial charge < -0.3 is 15.2 Å². The zero-order valence-electron chi connectivity index (χ0n) is 12.8. The van der Waals surface area contributed by atoms with E-state index in [0.29, 0.717) is 12.6 Å². The summed E-state index contributed by atoms with van der Waals surface area (Å²) < 4.78 is 5.18. The fourth-order valence-electron chi connectivity index (χ4n) is 2.04. The van der Waals surface area contributed by atoms with Crippen molar-refractivity contribution in [2.24, 2.45) is 4.99 Å². The highest BCUT2D eigenvalue weighted by Crippen LogP contribution is 2.19. The van der Waals surface area contributed by atoms with E-state index in [1.54, 1.807) is 11.3 Å². The van der Waals surface area contributed by atoms with Gasteiger partial charge in [0, 0.05) is 16.5 Å². The topological polar surface area (TPSA) is 62.5 Å². The van der Waals surface area contributed by atoms with E-state index in [4.69, 9.17) is 4.52 Å². The maximum atomic E-state index is 5.18. The maximum absolute atomic E-state index is 5.18. The molecule has 0 bridgehead atoms. The summed E-state index contributed by atoms with van der Waals surface area (Å²) in [6.45, 7) is 5.28. The number of hydrogen-bond donors (Lipinski definition) is 2. The van der Waals surface area contributed by atoms with Gasteiger partial charge in [0.2, 0.25) is 0 Å². The molecule has 0 amide bonds. The summed E-state index contributed by atoms with van der Waals surface area (Å²) in [6, 6.07) is 4.77. The molecule has 1 fully saturated rings. The van der Waals surface area contributed by atoms with Crippen molar-refractivity contribution in [3.05, 3.63) is 39.4 Å². The quantitative estimate of drug-likeness (QED) is 0.432. The van der Waals surface area contributed by atoms with Gasteiger partial charge in [-0.1, -0.05) is 11.2 Å². The first kappa shape index (κ1) is 17.3. The van der Waals surface area contributed by atoms with Crippen LogP contribution in [-0.4, -0.2) is 17.2 Å². The Labute approximate surface area is 151 Å². The lowest BCUT2D eigenvalue weighted by atomic mass is 10.2.